The number of carbonyl (C=O) groups is 1. The molecule has 1 amide bonds. The molecule has 2 rings (SSSR count). The summed E-state index contributed by atoms with van der Waals surface area (Å²) in [6.07, 6.45) is 1.94. The molecule has 0 bridgehead atoms. The van der Waals surface area contributed by atoms with E-state index in [9.17, 15) is 4.79 Å². The van der Waals surface area contributed by atoms with Crippen molar-refractivity contribution >= 4 is 17.5 Å². The van der Waals surface area contributed by atoms with Crippen molar-refractivity contribution < 1.29 is 4.79 Å². The van der Waals surface area contributed by atoms with Crippen molar-refractivity contribution in [3.63, 3.8) is 0 Å². The van der Waals surface area contributed by atoms with Gasteiger partial charge in [-0.25, -0.2) is 0 Å². The van der Waals surface area contributed by atoms with Gasteiger partial charge in [-0.15, -0.1) is 11.6 Å². The second kappa shape index (κ2) is 6.24. The summed E-state index contributed by atoms with van der Waals surface area (Å²) >= 11 is 5.68. The molecule has 1 fully saturated rings. The van der Waals surface area contributed by atoms with E-state index in [0.717, 1.165) is 19.4 Å². The predicted octanol–water partition coefficient (Wildman–Crippen LogP) is 3.17. The first kappa shape index (κ1) is 13.4. The Morgan fingerprint density at radius 1 is 1.44 bits per heavy atom. The van der Waals surface area contributed by atoms with Crippen molar-refractivity contribution in [1.82, 2.24) is 5.32 Å². The van der Waals surface area contributed by atoms with Crippen molar-refractivity contribution in [2.24, 2.45) is 11.8 Å². The van der Waals surface area contributed by atoms with Crippen LogP contribution in [0.4, 0.5) is 0 Å². The molecule has 1 saturated carbocycles. The molecule has 1 aliphatic rings. The second-order valence-corrected chi connectivity index (χ2v) is 5.57. The fraction of sp³-hybridized carbons (Fsp3) is 0.533. The molecule has 0 aromatic heterocycles. The van der Waals surface area contributed by atoms with Crippen molar-refractivity contribution in [2.45, 2.75) is 25.7 Å². The Hall–Kier alpha value is -1.02. The molecule has 18 heavy (non-hydrogen) atoms. The lowest BCUT2D eigenvalue weighted by molar-refractivity contribution is -0.122. The summed E-state index contributed by atoms with van der Waals surface area (Å²) in [4.78, 5) is 12.0. The maximum Gasteiger partial charge on any atom is 0.223 e. The maximum atomic E-state index is 12.0. The van der Waals surface area contributed by atoms with Gasteiger partial charge < -0.3 is 5.32 Å². The third kappa shape index (κ3) is 3.49. The summed E-state index contributed by atoms with van der Waals surface area (Å²) in [6.45, 7) is 2.85. The van der Waals surface area contributed by atoms with Crippen LogP contribution in [-0.4, -0.2) is 18.3 Å². The maximum absolute atomic E-state index is 12.0. The largest absolute Gasteiger partial charge is 0.356 e. The van der Waals surface area contributed by atoms with Gasteiger partial charge in [0, 0.05) is 18.3 Å². The summed E-state index contributed by atoms with van der Waals surface area (Å²) in [5.74, 6) is 1.92. The fourth-order valence-corrected chi connectivity index (χ4v) is 2.62. The number of amides is 1. The first-order valence-corrected chi connectivity index (χ1v) is 7.14. The van der Waals surface area contributed by atoms with E-state index in [-0.39, 0.29) is 11.8 Å². The summed E-state index contributed by atoms with van der Waals surface area (Å²) in [6, 6.07) is 10.3. The van der Waals surface area contributed by atoms with E-state index in [0.29, 0.717) is 17.7 Å². The SMILES string of the molecule is CC(CCCl)CNC(=O)C1CC1c1ccccc1. The van der Waals surface area contributed by atoms with E-state index < -0.39 is 0 Å². The molecule has 1 aromatic rings. The van der Waals surface area contributed by atoms with E-state index in [1.807, 2.05) is 18.2 Å². The molecule has 0 heterocycles. The minimum absolute atomic E-state index is 0.176. The van der Waals surface area contributed by atoms with Gasteiger partial charge in [-0.1, -0.05) is 37.3 Å². The monoisotopic (exact) mass is 265 g/mol. The van der Waals surface area contributed by atoms with Crippen LogP contribution in [-0.2, 0) is 4.79 Å². The predicted molar refractivity (Wildman–Crippen MR) is 74.8 cm³/mol. The number of alkyl halides is 1. The second-order valence-electron chi connectivity index (χ2n) is 5.19. The molecule has 0 spiro atoms. The van der Waals surface area contributed by atoms with E-state index in [1.54, 1.807) is 0 Å². The van der Waals surface area contributed by atoms with Crippen LogP contribution in [0.25, 0.3) is 0 Å². The molecule has 1 aromatic carbocycles. The minimum Gasteiger partial charge on any atom is -0.356 e. The average Bonchev–Trinajstić information content (AvgIpc) is 3.18. The van der Waals surface area contributed by atoms with Gasteiger partial charge in [-0.05, 0) is 30.2 Å². The van der Waals surface area contributed by atoms with Gasteiger partial charge in [0.15, 0.2) is 0 Å². The van der Waals surface area contributed by atoms with Crippen LogP contribution in [0.3, 0.4) is 0 Å². The molecule has 0 radical (unpaired) electrons. The van der Waals surface area contributed by atoms with E-state index in [1.165, 1.54) is 5.56 Å². The van der Waals surface area contributed by atoms with Gasteiger partial charge >= 0.3 is 0 Å². The van der Waals surface area contributed by atoms with E-state index >= 15 is 0 Å². The van der Waals surface area contributed by atoms with Crippen LogP contribution in [0.15, 0.2) is 30.3 Å². The lowest BCUT2D eigenvalue weighted by Gasteiger charge is -2.10. The van der Waals surface area contributed by atoms with Gasteiger partial charge in [0.2, 0.25) is 5.91 Å². The summed E-state index contributed by atoms with van der Waals surface area (Å²) < 4.78 is 0. The van der Waals surface area contributed by atoms with Crippen LogP contribution in [0.5, 0.6) is 0 Å². The third-order valence-electron chi connectivity index (χ3n) is 3.58. The molecule has 0 aliphatic heterocycles. The normalized spacial score (nSPS) is 23.4. The summed E-state index contributed by atoms with van der Waals surface area (Å²) in [7, 11) is 0. The van der Waals surface area contributed by atoms with Gasteiger partial charge in [-0.2, -0.15) is 0 Å². The topological polar surface area (TPSA) is 29.1 Å². The van der Waals surface area contributed by atoms with Crippen molar-refractivity contribution in [3.05, 3.63) is 35.9 Å². The molecule has 0 saturated heterocycles. The van der Waals surface area contributed by atoms with Crippen LogP contribution < -0.4 is 5.32 Å². The van der Waals surface area contributed by atoms with Gasteiger partial charge in [0.05, 0.1) is 0 Å². The molecule has 3 unspecified atom stereocenters. The average molecular weight is 266 g/mol. The molecule has 1 aliphatic carbocycles. The standard InChI is InChI=1S/C15H20ClNO/c1-11(7-8-16)10-17-15(18)14-9-13(14)12-5-3-2-4-6-12/h2-6,11,13-14H,7-10H2,1H3,(H,17,18). The van der Waals surface area contributed by atoms with Crippen molar-refractivity contribution in [3.8, 4) is 0 Å². The Bertz CT molecular complexity index is 393. The molecular formula is C15H20ClNO. The Morgan fingerprint density at radius 2 is 2.17 bits per heavy atom. The molecular weight excluding hydrogens is 246 g/mol. The number of nitrogens with one attached hydrogen (secondary N) is 1. The van der Waals surface area contributed by atoms with Gasteiger partial charge in [0.25, 0.3) is 0 Å². The number of benzene rings is 1. The highest BCUT2D eigenvalue weighted by atomic mass is 35.5. The number of hydrogen-bond acceptors (Lipinski definition) is 1. The number of halogens is 1. The Labute approximate surface area is 114 Å². The third-order valence-corrected chi connectivity index (χ3v) is 3.80. The quantitative estimate of drug-likeness (QED) is 0.787. The minimum atomic E-state index is 0.176. The van der Waals surface area contributed by atoms with Crippen molar-refractivity contribution in [2.75, 3.05) is 12.4 Å². The van der Waals surface area contributed by atoms with Crippen LogP contribution in [0, 0.1) is 11.8 Å². The van der Waals surface area contributed by atoms with E-state index in [2.05, 4.69) is 24.4 Å². The zero-order valence-electron chi connectivity index (χ0n) is 10.7. The van der Waals surface area contributed by atoms with Gasteiger partial charge in [0.1, 0.15) is 0 Å². The molecule has 98 valence electrons. The van der Waals surface area contributed by atoms with Crippen LogP contribution in [0.2, 0.25) is 0 Å². The number of rotatable bonds is 6. The van der Waals surface area contributed by atoms with Crippen LogP contribution >= 0.6 is 11.6 Å². The fourth-order valence-electron chi connectivity index (χ4n) is 2.25. The summed E-state index contributed by atoms with van der Waals surface area (Å²) in [5.41, 5.74) is 1.28. The molecule has 2 nitrogen and oxygen atoms in total. The first-order valence-electron chi connectivity index (χ1n) is 6.61. The Kier molecular flexibility index (Phi) is 4.65. The van der Waals surface area contributed by atoms with Crippen LogP contribution in [0.1, 0.15) is 31.2 Å². The first-order chi connectivity index (χ1) is 8.72. The lowest BCUT2D eigenvalue weighted by atomic mass is 10.1. The molecule has 1 N–H and O–H groups in total. The highest BCUT2D eigenvalue weighted by Crippen LogP contribution is 2.47. The zero-order valence-corrected chi connectivity index (χ0v) is 11.5. The van der Waals surface area contributed by atoms with E-state index in [4.69, 9.17) is 11.6 Å². The Balaban J connectivity index is 1.76. The number of carbonyl (C=O) groups excluding carboxylic acids is 1. The highest BCUT2D eigenvalue weighted by molar-refractivity contribution is 6.17. The number of hydrogen-bond donors (Lipinski definition) is 1. The lowest BCUT2D eigenvalue weighted by Crippen LogP contribution is -2.30. The molecule has 3 heteroatoms. The van der Waals surface area contributed by atoms with Gasteiger partial charge in [-0.3, -0.25) is 4.79 Å². The zero-order chi connectivity index (χ0) is 13.0. The summed E-state index contributed by atoms with van der Waals surface area (Å²) in [5, 5.41) is 3.03. The van der Waals surface area contributed by atoms with Crippen molar-refractivity contribution in [1.29, 1.82) is 0 Å². The Morgan fingerprint density at radius 3 is 2.83 bits per heavy atom. The molecule has 3 atom stereocenters. The highest BCUT2D eigenvalue weighted by Gasteiger charge is 2.43. The smallest absolute Gasteiger partial charge is 0.223 e.